The van der Waals surface area contributed by atoms with Crippen LogP contribution in [0.15, 0.2) is 28.3 Å². The molecule has 11 heteroatoms. The lowest BCUT2D eigenvalue weighted by Crippen LogP contribution is -2.35. The molecule has 2 heterocycles. The summed E-state index contributed by atoms with van der Waals surface area (Å²) in [6, 6.07) is 4.44. The lowest BCUT2D eigenvalue weighted by Gasteiger charge is -2.26. The minimum atomic E-state index is -3.61. The summed E-state index contributed by atoms with van der Waals surface area (Å²) in [6.07, 6.45) is 5.01. The Morgan fingerprint density at radius 1 is 1.23 bits per heavy atom. The molecule has 2 aliphatic rings. The number of rotatable bonds is 7. The molecular formula is C20H26ClN5O3S2. The summed E-state index contributed by atoms with van der Waals surface area (Å²) in [5.74, 6) is 1.14. The summed E-state index contributed by atoms with van der Waals surface area (Å²) < 4.78 is 29.3. The maximum atomic E-state index is 13.0. The number of carbonyl (C=O) groups is 1. The average molecular weight is 484 g/mol. The second kappa shape index (κ2) is 9.09. The first kappa shape index (κ1) is 22.6. The van der Waals surface area contributed by atoms with E-state index in [0.717, 1.165) is 37.9 Å². The lowest BCUT2D eigenvalue weighted by atomic mass is 10.2. The van der Waals surface area contributed by atoms with Crippen LogP contribution in [0.2, 0.25) is 5.02 Å². The molecule has 1 atom stereocenters. The van der Waals surface area contributed by atoms with Crippen LogP contribution >= 0.6 is 23.4 Å². The fourth-order valence-electron chi connectivity index (χ4n) is 3.59. The van der Waals surface area contributed by atoms with Gasteiger partial charge in [0.2, 0.25) is 15.9 Å². The van der Waals surface area contributed by atoms with E-state index in [1.807, 2.05) is 11.6 Å². The van der Waals surface area contributed by atoms with Crippen molar-refractivity contribution in [1.82, 2.24) is 19.1 Å². The zero-order valence-corrected chi connectivity index (χ0v) is 19.9. The normalized spacial score (nSPS) is 18.7. The van der Waals surface area contributed by atoms with E-state index >= 15 is 0 Å². The van der Waals surface area contributed by atoms with Crippen molar-refractivity contribution in [1.29, 1.82) is 0 Å². The minimum absolute atomic E-state index is 0.136. The molecule has 168 valence electrons. The van der Waals surface area contributed by atoms with Crippen LogP contribution in [0.1, 0.15) is 50.8 Å². The predicted octanol–water partition coefficient (Wildman–Crippen LogP) is 3.64. The summed E-state index contributed by atoms with van der Waals surface area (Å²) in [4.78, 5) is 12.9. The Morgan fingerprint density at radius 2 is 1.94 bits per heavy atom. The number of benzene rings is 1. The number of piperidine rings is 1. The van der Waals surface area contributed by atoms with Crippen molar-refractivity contribution in [2.24, 2.45) is 7.05 Å². The topological polar surface area (TPSA) is 97.2 Å². The van der Waals surface area contributed by atoms with Crippen LogP contribution < -0.4 is 5.32 Å². The summed E-state index contributed by atoms with van der Waals surface area (Å²) in [5, 5.41) is 11.7. The van der Waals surface area contributed by atoms with E-state index in [2.05, 4.69) is 15.5 Å². The molecule has 0 spiro atoms. The number of halogens is 1. The molecule has 1 saturated heterocycles. The summed E-state index contributed by atoms with van der Waals surface area (Å²) >= 11 is 7.56. The van der Waals surface area contributed by atoms with E-state index in [1.165, 1.54) is 34.3 Å². The molecule has 1 aliphatic carbocycles. The second-order valence-electron chi connectivity index (χ2n) is 8.03. The molecule has 31 heavy (non-hydrogen) atoms. The first-order valence-electron chi connectivity index (χ1n) is 10.4. The van der Waals surface area contributed by atoms with Gasteiger partial charge in [-0.3, -0.25) is 4.79 Å². The number of nitrogens with one attached hydrogen (secondary N) is 1. The van der Waals surface area contributed by atoms with Gasteiger partial charge in [-0.25, -0.2) is 8.42 Å². The fraction of sp³-hybridized carbons (Fsp3) is 0.550. The molecule has 2 fully saturated rings. The number of hydrogen-bond donors (Lipinski definition) is 1. The third kappa shape index (κ3) is 4.92. The average Bonchev–Trinajstić information content (AvgIpc) is 3.54. The molecule has 1 aliphatic heterocycles. The van der Waals surface area contributed by atoms with Crippen LogP contribution in [-0.4, -0.2) is 51.7 Å². The molecule has 1 amide bonds. The SMILES string of the molecule is CC(Sc1nnc(C2CC2)n1C)C(=O)Nc1cc(S(=O)(=O)N2CCCCC2)ccc1Cl. The monoisotopic (exact) mass is 483 g/mol. The number of aromatic nitrogens is 3. The van der Waals surface area contributed by atoms with Gasteiger partial charge in [0.05, 0.1) is 20.9 Å². The molecule has 8 nitrogen and oxygen atoms in total. The van der Waals surface area contributed by atoms with Gasteiger partial charge >= 0.3 is 0 Å². The Morgan fingerprint density at radius 3 is 2.61 bits per heavy atom. The number of sulfonamides is 1. The van der Waals surface area contributed by atoms with Gasteiger partial charge in [-0.2, -0.15) is 4.31 Å². The molecular weight excluding hydrogens is 458 g/mol. The van der Waals surface area contributed by atoms with Crippen molar-refractivity contribution < 1.29 is 13.2 Å². The fourth-order valence-corrected chi connectivity index (χ4v) is 6.12. The van der Waals surface area contributed by atoms with Crippen molar-refractivity contribution in [3.63, 3.8) is 0 Å². The molecule has 0 radical (unpaired) electrons. The number of thioether (sulfide) groups is 1. The Balaban J connectivity index is 1.46. The standard InChI is InChI=1S/C20H26ClN5O3S2/c1-13(30-20-24-23-18(25(20)2)14-6-7-14)19(27)22-17-12-15(8-9-16(17)21)31(28,29)26-10-4-3-5-11-26/h8-9,12-14H,3-7,10-11H2,1-2H3,(H,22,27). The molecule has 4 rings (SSSR count). The number of anilines is 1. The molecule has 0 bridgehead atoms. The number of nitrogens with zero attached hydrogens (tertiary/aromatic N) is 4. The maximum Gasteiger partial charge on any atom is 0.243 e. The smallest absolute Gasteiger partial charge is 0.243 e. The Kier molecular flexibility index (Phi) is 6.62. The van der Waals surface area contributed by atoms with E-state index in [-0.39, 0.29) is 21.5 Å². The molecule has 2 aromatic rings. The zero-order chi connectivity index (χ0) is 22.2. The van der Waals surface area contributed by atoms with Gasteiger partial charge in [-0.1, -0.05) is 29.8 Å². The van der Waals surface area contributed by atoms with Crippen molar-refractivity contribution in [3.05, 3.63) is 29.0 Å². The van der Waals surface area contributed by atoms with E-state index in [0.29, 0.717) is 24.2 Å². The van der Waals surface area contributed by atoms with Gasteiger partial charge in [0, 0.05) is 26.1 Å². The maximum absolute atomic E-state index is 13.0. The van der Waals surface area contributed by atoms with Gasteiger partial charge in [0.15, 0.2) is 5.16 Å². The van der Waals surface area contributed by atoms with Crippen LogP contribution in [0, 0.1) is 0 Å². The quantitative estimate of drug-likeness (QED) is 0.604. The third-order valence-electron chi connectivity index (χ3n) is 5.61. The van der Waals surface area contributed by atoms with Gasteiger partial charge in [0.25, 0.3) is 0 Å². The lowest BCUT2D eigenvalue weighted by molar-refractivity contribution is -0.115. The van der Waals surface area contributed by atoms with Crippen molar-refractivity contribution in [3.8, 4) is 0 Å². The first-order chi connectivity index (χ1) is 14.8. The minimum Gasteiger partial charge on any atom is -0.324 e. The highest BCUT2D eigenvalue weighted by Crippen LogP contribution is 2.40. The van der Waals surface area contributed by atoms with Gasteiger partial charge in [0.1, 0.15) is 5.82 Å². The summed E-state index contributed by atoms with van der Waals surface area (Å²) in [5.41, 5.74) is 0.286. The van der Waals surface area contributed by atoms with Crippen LogP contribution in [-0.2, 0) is 21.9 Å². The van der Waals surface area contributed by atoms with E-state index in [4.69, 9.17) is 11.6 Å². The Labute approximate surface area is 191 Å². The van der Waals surface area contributed by atoms with Crippen molar-refractivity contribution in [2.75, 3.05) is 18.4 Å². The second-order valence-corrected chi connectivity index (χ2v) is 11.7. The predicted molar refractivity (Wildman–Crippen MR) is 121 cm³/mol. The molecule has 1 unspecified atom stereocenters. The van der Waals surface area contributed by atoms with Gasteiger partial charge in [-0.05, 0) is 50.8 Å². The molecule has 1 aromatic carbocycles. The van der Waals surface area contributed by atoms with E-state index in [9.17, 15) is 13.2 Å². The van der Waals surface area contributed by atoms with E-state index < -0.39 is 15.3 Å². The van der Waals surface area contributed by atoms with E-state index in [1.54, 1.807) is 6.92 Å². The van der Waals surface area contributed by atoms with Crippen LogP contribution in [0.5, 0.6) is 0 Å². The highest BCUT2D eigenvalue weighted by atomic mass is 35.5. The van der Waals surface area contributed by atoms with Gasteiger partial charge < -0.3 is 9.88 Å². The Bertz CT molecular complexity index is 1080. The highest BCUT2D eigenvalue weighted by Gasteiger charge is 2.30. The van der Waals surface area contributed by atoms with Crippen molar-refractivity contribution in [2.45, 2.75) is 60.2 Å². The number of carbonyl (C=O) groups excluding carboxylic acids is 1. The third-order valence-corrected chi connectivity index (χ3v) is 8.97. The highest BCUT2D eigenvalue weighted by molar-refractivity contribution is 8.00. The molecule has 1 saturated carbocycles. The Hall–Kier alpha value is -1.62. The van der Waals surface area contributed by atoms with Crippen LogP contribution in [0.25, 0.3) is 0 Å². The summed E-state index contributed by atoms with van der Waals surface area (Å²) in [7, 11) is -1.71. The first-order valence-corrected chi connectivity index (χ1v) is 13.1. The number of amides is 1. The number of hydrogen-bond acceptors (Lipinski definition) is 6. The van der Waals surface area contributed by atoms with Crippen LogP contribution in [0.4, 0.5) is 5.69 Å². The van der Waals surface area contributed by atoms with Gasteiger partial charge in [-0.15, -0.1) is 10.2 Å². The van der Waals surface area contributed by atoms with Crippen molar-refractivity contribution >= 4 is 45.0 Å². The summed E-state index contributed by atoms with van der Waals surface area (Å²) in [6.45, 7) is 2.80. The van der Waals surface area contributed by atoms with Crippen LogP contribution in [0.3, 0.4) is 0 Å². The molecule has 1 aromatic heterocycles. The largest absolute Gasteiger partial charge is 0.324 e. The molecule has 1 N–H and O–H groups in total. The zero-order valence-electron chi connectivity index (χ0n) is 17.5.